The highest BCUT2D eigenvalue weighted by molar-refractivity contribution is 5.90. The Bertz CT molecular complexity index is 390. The van der Waals surface area contributed by atoms with Crippen LogP contribution in [0.25, 0.3) is 0 Å². The number of carbonyl (C=O) groups is 1. The largest absolute Gasteiger partial charge is 0.383 e. The van der Waals surface area contributed by atoms with E-state index in [4.69, 9.17) is 4.74 Å². The van der Waals surface area contributed by atoms with E-state index in [-0.39, 0.29) is 11.7 Å². The first-order valence-electron chi connectivity index (χ1n) is 6.78. The molecular weight excluding hydrogens is 244 g/mol. The van der Waals surface area contributed by atoms with Crippen molar-refractivity contribution in [2.75, 3.05) is 26.8 Å². The Morgan fingerprint density at radius 2 is 2.21 bits per heavy atom. The van der Waals surface area contributed by atoms with Crippen molar-refractivity contribution in [3.8, 4) is 0 Å². The Kier molecular flexibility index (Phi) is 6.49. The first kappa shape index (κ1) is 15.6. The lowest BCUT2D eigenvalue weighted by atomic mass is 10.2. The highest BCUT2D eigenvalue weighted by Gasteiger charge is 2.20. The summed E-state index contributed by atoms with van der Waals surface area (Å²) in [5.74, 6) is 1.28. The molecule has 1 amide bonds. The van der Waals surface area contributed by atoms with Crippen molar-refractivity contribution in [2.45, 2.75) is 33.6 Å². The number of amides is 1. The topological polar surface area (TPSA) is 71.1 Å². The third kappa shape index (κ3) is 4.98. The zero-order valence-electron chi connectivity index (χ0n) is 12.3. The fourth-order valence-electron chi connectivity index (χ4n) is 1.80. The summed E-state index contributed by atoms with van der Waals surface area (Å²) in [4.78, 5) is 18.3. The zero-order chi connectivity index (χ0) is 14.3. The van der Waals surface area contributed by atoms with E-state index >= 15 is 0 Å². The SMILES string of the molecule is CCCc1nc(C(=O)N(CCOC)CC(C)C)n[nH]1. The molecule has 0 spiro atoms. The van der Waals surface area contributed by atoms with Gasteiger partial charge in [0.1, 0.15) is 5.82 Å². The molecule has 108 valence electrons. The van der Waals surface area contributed by atoms with Crippen LogP contribution in [0.1, 0.15) is 43.6 Å². The molecule has 0 aliphatic rings. The third-order valence-corrected chi connectivity index (χ3v) is 2.65. The number of carbonyl (C=O) groups excluding carboxylic acids is 1. The molecule has 0 aromatic carbocycles. The van der Waals surface area contributed by atoms with Gasteiger partial charge in [0.25, 0.3) is 5.91 Å². The van der Waals surface area contributed by atoms with Crippen LogP contribution in [0.15, 0.2) is 0 Å². The minimum Gasteiger partial charge on any atom is -0.383 e. The van der Waals surface area contributed by atoms with Crippen LogP contribution in [0.5, 0.6) is 0 Å². The van der Waals surface area contributed by atoms with Crippen LogP contribution in [0.3, 0.4) is 0 Å². The van der Waals surface area contributed by atoms with Gasteiger partial charge in [0.15, 0.2) is 0 Å². The van der Waals surface area contributed by atoms with E-state index in [0.29, 0.717) is 25.6 Å². The van der Waals surface area contributed by atoms with Gasteiger partial charge in [-0.05, 0) is 12.3 Å². The van der Waals surface area contributed by atoms with E-state index in [0.717, 1.165) is 18.7 Å². The van der Waals surface area contributed by atoms with Crippen LogP contribution in [0.4, 0.5) is 0 Å². The van der Waals surface area contributed by atoms with Crippen molar-refractivity contribution < 1.29 is 9.53 Å². The molecule has 0 saturated heterocycles. The van der Waals surface area contributed by atoms with E-state index in [2.05, 4.69) is 36.0 Å². The summed E-state index contributed by atoms with van der Waals surface area (Å²) < 4.78 is 5.04. The normalized spacial score (nSPS) is 11.0. The number of aryl methyl sites for hydroxylation is 1. The van der Waals surface area contributed by atoms with Crippen LogP contribution in [0, 0.1) is 5.92 Å². The molecule has 6 nitrogen and oxygen atoms in total. The van der Waals surface area contributed by atoms with Crippen LogP contribution in [-0.2, 0) is 11.2 Å². The lowest BCUT2D eigenvalue weighted by molar-refractivity contribution is 0.0660. The maximum absolute atomic E-state index is 12.3. The number of hydrogen-bond acceptors (Lipinski definition) is 4. The fraction of sp³-hybridized carbons (Fsp3) is 0.769. The number of nitrogens with one attached hydrogen (secondary N) is 1. The summed E-state index contributed by atoms with van der Waals surface area (Å²) in [5.41, 5.74) is 0. The summed E-state index contributed by atoms with van der Waals surface area (Å²) in [6, 6.07) is 0. The number of ether oxygens (including phenoxy) is 1. The summed E-state index contributed by atoms with van der Waals surface area (Å²) in [6.07, 6.45) is 1.78. The molecule has 6 heteroatoms. The predicted octanol–water partition coefficient (Wildman–Crippen LogP) is 1.50. The summed E-state index contributed by atoms with van der Waals surface area (Å²) in [6.45, 7) is 7.98. The van der Waals surface area contributed by atoms with Gasteiger partial charge in [0, 0.05) is 26.6 Å². The highest BCUT2D eigenvalue weighted by Crippen LogP contribution is 2.05. The van der Waals surface area contributed by atoms with Gasteiger partial charge in [-0.2, -0.15) is 0 Å². The third-order valence-electron chi connectivity index (χ3n) is 2.65. The average Bonchev–Trinajstić information content (AvgIpc) is 2.82. The van der Waals surface area contributed by atoms with Gasteiger partial charge in [-0.3, -0.25) is 9.89 Å². The Balaban J connectivity index is 2.72. The number of H-pyrrole nitrogens is 1. The van der Waals surface area contributed by atoms with Crippen molar-refractivity contribution in [3.63, 3.8) is 0 Å². The molecule has 0 fully saturated rings. The average molecular weight is 268 g/mol. The molecule has 1 aromatic rings. The standard InChI is InChI=1S/C13H24N4O2/c1-5-6-11-14-12(16-15-11)13(18)17(7-8-19-4)9-10(2)3/h10H,5-9H2,1-4H3,(H,14,15,16). The number of hydrogen-bond donors (Lipinski definition) is 1. The van der Waals surface area contributed by atoms with E-state index < -0.39 is 0 Å². The quantitative estimate of drug-likeness (QED) is 0.775. The maximum atomic E-state index is 12.3. The van der Waals surface area contributed by atoms with Crippen molar-refractivity contribution in [1.29, 1.82) is 0 Å². The van der Waals surface area contributed by atoms with Gasteiger partial charge in [-0.15, -0.1) is 5.10 Å². The van der Waals surface area contributed by atoms with Crippen molar-refractivity contribution >= 4 is 5.91 Å². The summed E-state index contributed by atoms with van der Waals surface area (Å²) in [5, 5.41) is 6.81. The molecule has 1 rings (SSSR count). The first-order chi connectivity index (χ1) is 9.08. The lowest BCUT2D eigenvalue weighted by Crippen LogP contribution is -2.37. The molecular formula is C13H24N4O2. The van der Waals surface area contributed by atoms with Crippen LogP contribution in [0.2, 0.25) is 0 Å². The van der Waals surface area contributed by atoms with Crippen LogP contribution >= 0.6 is 0 Å². The monoisotopic (exact) mass is 268 g/mol. The Labute approximate surface area is 114 Å². The molecule has 0 aliphatic carbocycles. The van der Waals surface area contributed by atoms with Crippen LogP contribution < -0.4 is 0 Å². The maximum Gasteiger partial charge on any atom is 0.293 e. The number of aromatic amines is 1. The minimum absolute atomic E-state index is 0.135. The molecule has 0 unspecified atom stereocenters. The Hall–Kier alpha value is -1.43. The molecule has 0 atom stereocenters. The number of aromatic nitrogens is 3. The minimum atomic E-state index is -0.135. The van der Waals surface area contributed by atoms with E-state index in [9.17, 15) is 4.79 Å². The van der Waals surface area contributed by atoms with Crippen molar-refractivity contribution in [3.05, 3.63) is 11.6 Å². The molecule has 0 bridgehead atoms. The van der Waals surface area contributed by atoms with Gasteiger partial charge in [0.2, 0.25) is 5.82 Å². The molecule has 0 radical (unpaired) electrons. The summed E-state index contributed by atoms with van der Waals surface area (Å²) in [7, 11) is 1.63. The molecule has 0 saturated carbocycles. The fourth-order valence-corrected chi connectivity index (χ4v) is 1.80. The Morgan fingerprint density at radius 1 is 1.47 bits per heavy atom. The second-order valence-electron chi connectivity index (χ2n) is 4.99. The lowest BCUT2D eigenvalue weighted by Gasteiger charge is -2.22. The van der Waals surface area contributed by atoms with Gasteiger partial charge < -0.3 is 9.64 Å². The van der Waals surface area contributed by atoms with Crippen LogP contribution in [-0.4, -0.2) is 52.8 Å². The zero-order valence-corrected chi connectivity index (χ0v) is 12.3. The second kappa shape index (κ2) is 7.89. The molecule has 1 N–H and O–H groups in total. The number of rotatable bonds is 8. The van der Waals surface area contributed by atoms with Crippen molar-refractivity contribution in [2.24, 2.45) is 5.92 Å². The molecule has 19 heavy (non-hydrogen) atoms. The van der Waals surface area contributed by atoms with Gasteiger partial charge in [-0.25, -0.2) is 4.98 Å². The van der Waals surface area contributed by atoms with Gasteiger partial charge in [-0.1, -0.05) is 20.8 Å². The van der Waals surface area contributed by atoms with Gasteiger partial charge >= 0.3 is 0 Å². The van der Waals surface area contributed by atoms with Crippen molar-refractivity contribution in [1.82, 2.24) is 20.1 Å². The number of methoxy groups -OCH3 is 1. The highest BCUT2D eigenvalue weighted by atomic mass is 16.5. The Morgan fingerprint density at radius 3 is 2.79 bits per heavy atom. The number of nitrogens with zero attached hydrogens (tertiary/aromatic N) is 3. The van der Waals surface area contributed by atoms with E-state index in [1.165, 1.54) is 0 Å². The second-order valence-corrected chi connectivity index (χ2v) is 4.99. The summed E-state index contributed by atoms with van der Waals surface area (Å²) >= 11 is 0. The predicted molar refractivity (Wildman–Crippen MR) is 73.0 cm³/mol. The first-order valence-corrected chi connectivity index (χ1v) is 6.78. The van der Waals surface area contributed by atoms with Gasteiger partial charge in [0.05, 0.1) is 6.61 Å². The molecule has 1 heterocycles. The molecule has 1 aromatic heterocycles. The smallest absolute Gasteiger partial charge is 0.293 e. The molecule has 0 aliphatic heterocycles. The van der Waals surface area contributed by atoms with E-state index in [1.54, 1.807) is 12.0 Å². The van der Waals surface area contributed by atoms with E-state index in [1.807, 2.05) is 0 Å².